The molecular formula is C28H44Cl2N4O6. The summed E-state index contributed by atoms with van der Waals surface area (Å²) < 4.78 is 9.71. The van der Waals surface area contributed by atoms with E-state index in [2.05, 4.69) is 21.3 Å². The summed E-state index contributed by atoms with van der Waals surface area (Å²) in [6.07, 6.45) is 4.95. The third-order valence-corrected chi connectivity index (χ3v) is 5.78. The first-order valence-electron chi connectivity index (χ1n) is 13.4. The van der Waals surface area contributed by atoms with Crippen LogP contribution in [0.15, 0.2) is 36.4 Å². The number of benzene rings is 2. The van der Waals surface area contributed by atoms with Crippen molar-refractivity contribution in [3.8, 4) is 11.5 Å². The highest BCUT2D eigenvalue weighted by Gasteiger charge is 2.09. The predicted molar refractivity (Wildman–Crippen MR) is 164 cm³/mol. The van der Waals surface area contributed by atoms with E-state index < -0.39 is 12.2 Å². The van der Waals surface area contributed by atoms with Crippen LogP contribution in [0.2, 0.25) is 0 Å². The van der Waals surface area contributed by atoms with Crippen LogP contribution < -0.4 is 21.3 Å². The third kappa shape index (κ3) is 15.0. The fraction of sp³-hybridized carbons (Fsp3) is 0.500. The van der Waals surface area contributed by atoms with Gasteiger partial charge in [-0.3, -0.25) is 10.6 Å². The summed E-state index contributed by atoms with van der Waals surface area (Å²) >= 11 is 0. The van der Waals surface area contributed by atoms with Crippen molar-refractivity contribution >= 4 is 48.4 Å². The first kappa shape index (κ1) is 37.1. The lowest BCUT2D eigenvalue weighted by Crippen LogP contribution is -2.20. The average molecular weight is 604 g/mol. The van der Waals surface area contributed by atoms with Crippen LogP contribution >= 0.6 is 24.8 Å². The quantitative estimate of drug-likeness (QED) is 0.101. The molecule has 0 heterocycles. The van der Waals surface area contributed by atoms with E-state index in [1.807, 2.05) is 12.1 Å². The van der Waals surface area contributed by atoms with Crippen molar-refractivity contribution < 1.29 is 29.3 Å². The van der Waals surface area contributed by atoms with Gasteiger partial charge < -0.3 is 30.3 Å². The third-order valence-electron chi connectivity index (χ3n) is 5.78. The molecule has 6 N–H and O–H groups in total. The maximum Gasteiger partial charge on any atom is 0.411 e. The number of anilines is 2. The van der Waals surface area contributed by atoms with Crippen LogP contribution in [0.4, 0.5) is 21.0 Å². The van der Waals surface area contributed by atoms with Crippen molar-refractivity contribution in [2.45, 2.75) is 52.4 Å². The Bertz CT molecular complexity index is 933. The Morgan fingerprint density at radius 1 is 0.650 bits per heavy atom. The molecule has 2 rings (SSSR count). The molecule has 2 aromatic rings. The van der Waals surface area contributed by atoms with Gasteiger partial charge in [0.05, 0.1) is 24.6 Å². The Kier molecular flexibility index (Phi) is 20.3. The Balaban J connectivity index is 0.00000760. The van der Waals surface area contributed by atoms with Crippen molar-refractivity contribution in [1.82, 2.24) is 10.6 Å². The molecule has 0 fully saturated rings. The molecule has 0 radical (unpaired) electrons. The van der Waals surface area contributed by atoms with Crippen LogP contribution in [-0.4, -0.2) is 61.8 Å². The summed E-state index contributed by atoms with van der Waals surface area (Å²) in [4.78, 5) is 23.2. The van der Waals surface area contributed by atoms with E-state index in [1.165, 1.54) is 0 Å². The molecule has 40 heavy (non-hydrogen) atoms. The highest BCUT2D eigenvalue weighted by Crippen LogP contribution is 2.25. The maximum atomic E-state index is 11.6. The fourth-order valence-corrected chi connectivity index (χ4v) is 3.80. The molecule has 10 nitrogen and oxygen atoms in total. The van der Waals surface area contributed by atoms with E-state index in [9.17, 15) is 19.8 Å². The summed E-state index contributed by atoms with van der Waals surface area (Å²) in [5, 5.41) is 31.8. The number of phenols is 2. The van der Waals surface area contributed by atoms with E-state index in [4.69, 9.17) is 9.47 Å². The van der Waals surface area contributed by atoms with Crippen molar-refractivity contribution in [1.29, 1.82) is 0 Å². The second-order valence-electron chi connectivity index (χ2n) is 8.81. The first-order chi connectivity index (χ1) is 18.4. The minimum absolute atomic E-state index is 0. The predicted octanol–water partition coefficient (Wildman–Crippen LogP) is 5.60. The Labute approximate surface area is 249 Å². The van der Waals surface area contributed by atoms with Crippen molar-refractivity contribution in [3.63, 3.8) is 0 Å². The van der Waals surface area contributed by atoms with Gasteiger partial charge in [-0.1, -0.05) is 25.0 Å². The number of aromatic hydroxyl groups is 2. The first-order valence-corrected chi connectivity index (χ1v) is 13.4. The minimum Gasteiger partial charge on any atom is -0.506 e. The van der Waals surface area contributed by atoms with Gasteiger partial charge in [0, 0.05) is 0 Å². The second-order valence-corrected chi connectivity index (χ2v) is 8.81. The molecule has 2 amide bonds. The highest BCUT2D eigenvalue weighted by atomic mass is 35.5. The van der Waals surface area contributed by atoms with E-state index >= 15 is 0 Å². The molecule has 0 aliphatic heterocycles. The molecule has 0 aliphatic carbocycles. The molecule has 226 valence electrons. The number of nitrogens with one attached hydrogen (secondary N) is 4. The molecule has 0 aliphatic rings. The SMILES string of the molecule is CCOC(=O)Nc1cc(CCNCCCCCCNCCc2ccc(O)c(NC(=O)OCC)c2)ccc1O.Cl.Cl. The van der Waals surface area contributed by atoms with Gasteiger partial charge in [0.1, 0.15) is 11.5 Å². The molecule has 0 bridgehead atoms. The van der Waals surface area contributed by atoms with Crippen LogP contribution in [0.1, 0.15) is 50.7 Å². The van der Waals surface area contributed by atoms with Crippen molar-refractivity contribution in [3.05, 3.63) is 47.5 Å². The Morgan fingerprint density at radius 2 is 1.05 bits per heavy atom. The van der Waals surface area contributed by atoms with Crippen molar-refractivity contribution in [2.75, 3.05) is 50.0 Å². The van der Waals surface area contributed by atoms with Gasteiger partial charge >= 0.3 is 12.2 Å². The van der Waals surface area contributed by atoms with Crippen LogP contribution in [0.5, 0.6) is 11.5 Å². The lowest BCUT2D eigenvalue weighted by atomic mass is 10.1. The zero-order chi connectivity index (χ0) is 27.6. The standard InChI is InChI=1S/C28H42N4O6.2ClH/c1-3-37-27(35)31-23-19-21(9-11-25(23)33)13-17-29-15-7-5-6-8-16-30-18-14-22-10-12-26(34)24(20-22)32-28(36)38-4-2;;/h9-12,19-20,29-30,33-34H,3-8,13-18H2,1-2H3,(H,31,35)(H,32,36);2*1H. The number of carbonyl (C=O) groups excluding carboxylic acids is 2. The normalized spacial score (nSPS) is 10.2. The smallest absolute Gasteiger partial charge is 0.411 e. The molecule has 0 atom stereocenters. The Morgan fingerprint density at radius 3 is 1.43 bits per heavy atom. The zero-order valence-electron chi connectivity index (χ0n) is 23.3. The van der Waals surface area contributed by atoms with E-state index in [0.29, 0.717) is 11.4 Å². The number of amides is 2. The van der Waals surface area contributed by atoms with Gasteiger partial charge in [0.25, 0.3) is 0 Å². The molecule has 2 aromatic carbocycles. The molecule has 12 heteroatoms. The monoisotopic (exact) mass is 602 g/mol. The second kappa shape index (κ2) is 21.8. The lowest BCUT2D eigenvalue weighted by Gasteiger charge is -2.10. The molecule has 0 spiro atoms. The van der Waals surface area contributed by atoms with Crippen molar-refractivity contribution in [2.24, 2.45) is 0 Å². The van der Waals surface area contributed by atoms with E-state index in [1.54, 1.807) is 38.1 Å². The molecule has 0 saturated carbocycles. The van der Waals surface area contributed by atoms with Crippen LogP contribution in [0.3, 0.4) is 0 Å². The Hall–Kier alpha value is -2.92. The van der Waals surface area contributed by atoms with Gasteiger partial charge in [-0.25, -0.2) is 9.59 Å². The van der Waals surface area contributed by atoms with Crippen LogP contribution in [-0.2, 0) is 22.3 Å². The lowest BCUT2D eigenvalue weighted by molar-refractivity contribution is 0.167. The summed E-state index contributed by atoms with van der Waals surface area (Å²) in [5.74, 6) is 0.0316. The number of hydrogen-bond acceptors (Lipinski definition) is 8. The summed E-state index contributed by atoms with van der Waals surface area (Å²) in [7, 11) is 0. The number of halogens is 2. The van der Waals surface area contributed by atoms with Crippen LogP contribution in [0, 0.1) is 0 Å². The molecular weight excluding hydrogens is 559 g/mol. The average Bonchev–Trinajstić information content (AvgIpc) is 2.88. The number of hydrogen-bond donors (Lipinski definition) is 6. The van der Waals surface area contributed by atoms with E-state index in [0.717, 1.165) is 75.8 Å². The maximum absolute atomic E-state index is 11.6. The topological polar surface area (TPSA) is 141 Å². The number of unbranched alkanes of at least 4 members (excludes halogenated alkanes) is 3. The molecule has 0 unspecified atom stereocenters. The van der Waals surface area contributed by atoms with Crippen LogP contribution in [0.25, 0.3) is 0 Å². The summed E-state index contributed by atoms with van der Waals surface area (Å²) in [6.45, 7) is 7.53. The number of rotatable bonds is 17. The number of carbonyl (C=O) groups is 2. The van der Waals surface area contributed by atoms with Gasteiger partial charge in [0.15, 0.2) is 0 Å². The van der Waals surface area contributed by atoms with E-state index in [-0.39, 0.29) is 49.5 Å². The highest BCUT2D eigenvalue weighted by molar-refractivity contribution is 5.87. The summed E-state index contributed by atoms with van der Waals surface area (Å²) in [5.41, 5.74) is 2.75. The van der Waals surface area contributed by atoms with Gasteiger partial charge in [-0.05, 0) is 101 Å². The summed E-state index contributed by atoms with van der Waals surface area (Å²) in [6, 6.07) is 10.4. The molecule has 0 aromatic heterocycles. The largest absolute Gasteiger partial charge is 0.506 e. The molecule has 0 saturated heterocycles. The minimum atomic E-state index is -0.579. The van der Waals surface area contributed by atoms with Gasteiger partial charge in [0.2, 0.25) is 0 Å². The van der Waals surface area contributed by atoms with Gasteiger partial charge in [-0.2, -0.15) is 0 Å². The fourth-order valence-electron chi connectivity index (χ4n) is 3.80. The number of ether oxygens (including phenoxy) is 2. The van der Waals surface area contributed by atoms with Gasteiger partial charge in [-0.15, -0.1) is 24.8 Å². The zero-order valence-corrected chi connectivity index (χ0v) is 24.9. The number of phenolic OH excluding ortho intramolecular Hbond substituents is 2.